The number of nitrogens with zero attached hydrogens (tertiary/aromatic N) is 1. The second kappa shape index (κ2) is 16.6. The SMILES string of the molecule is CN[C@@H](CO)C(=O)N[C@H]1CCC(=O)NCCCC[C@@H](C(N)=O)NC(=O)[C@H](CO)NC(=O)[C@H](C(C)O)N(C)C1=O. The third-order valence-electron chi connectivity index (χ3n) is 6.33. The van der Waals surface area contributed by atoms with Gasteiger partial charge in [-0.3, -0.25) is 28.8 Å². The van der Waals surface area contributed by atoms with Crippen LogP contribution in [0.1, 0.15) is 39.0 Å². The molecule has 1 unspecified atom stereocenters. The Morgan fingerprint density at radius 2 is 1.77 bits per heavy atom. The zero-order valence-electron chi connectivity index (χ0n) is 22.4. The quantitative estimate of drug-likeness (QED) is 0.143. The Morgan fingerprint density at radius 3 is 2.31 bits per heavy atom. The fraction of sp³-hybridized carbons (Fsp3) is 0.739. The van der Waals surface area contributed by atoms with Gasteiger partial charge in [-0.1, -0.05) is 0 Å². The lowest BCUT2D eigenvalue weighted by Gasteiger charge is -2.33. The molecule has 222 valence electrons. The molecule has 1 rings (SSSR count). The topological polar surface area (TPSA) is 253 Å². The molecule has 0 saturated carbocycles. The molecule has 16 nitrogen and oxygen atoms in total. The molecule has 0 aliphatic carbocycles. The van der Waals surface area contributed by atoms with Gasteiger partial charge >= 0.3 is 0 Å². The molecule has 1 fully saturated rings. The number of rotatable bonds is 7. The van der Waals surface area contributed by atoms with Gasteiger partial charge in [-0.2, -0.15) is 0 Å². The predicted molar refractivity (Wildman–Crippen MR) is 136 cm³/mol. The third kappa shape index (κ3) is 10.4. The Labute approximate surface area is 226 Å². The van der Waals surface area contributed by atoms with Crippen molar-refractivity contribution in [3.63, 3.8) is 0 Å². The lowest BCUT2D eigenvalue weighted by Crippen LogP contribution is -2.62. The monoisotopic (exact) mass is 559 g/mol. The van der Waals surface area contributed by atoms with Crippen molar-refractivity contribution in [3.05, 3.63) is 0 Å². The van der Waals surface area contributed by atoms with Crippen LogP contribution in [0, 0.1) is 0 Å². The van der Waals surface area contributed by atoms with Gasteiger partial charge in [-0.25, -0.2) is 0 Å². The van der Waals surface area contributed by atoms with Gasteiger partial charge in [0.05, 0.1) is 19.3 Å². The summed E-state index contributed by atoms with van der Waals surface area (Å²) in [6, 6.07) is -6.56. The van der Waals surface area contributed by atoms with Crippen LogP contribution in [0.4, 0.5) is 0 Å². The number of carbonyl (C=O) groups excluding carboxylic acids is 6. The normalized spacial score (nSPS) is 26.3. The molecule has 1 aliphatic heterocycles. The van der Waals surface area contributed by atoms with Crippen LogP contribution in [0.15, 0.2) is 0 Å². The number of nitrogens with one attached hydrogen (secondary N) is 5. The van der Waals surface area contributed by atoms with E-state index >= 15 is 0 Å². The van der Waals surface area contributed by atoms with Gasteiger partial charge in [-0.05, 0) is 39.7 Å². The van der Waals surface area contributed by atoms with Crippen LogP contribution in [-0.2, 0) is 28.8 Å². The second-order valence-electron chi connectivity index (χ2n) is 9.31. The minimum Gasteiger partial charge on any atom is -0.394 e. The maximum atomic E-state index is 13.4. The smallest absolute Gasteiger partial charge is 0.246 e. The molecule has 6 amide bonds. The molecule has 0 radical (unpaired) electrons. The Bertz CT molecular complexity index is 882. The van der Waals surface area contributed by atoms with Crippen molar-refractivity contribution in [3.8, 4) is 0 Å². The molecular weight excluding hydrogens is 518 g/mol. The Kier molecular flexibility index (Phi) is 14.3. The summed E-state index contributed by atoms with van der Waals surface area (Å²) in [5, 5.41) is 41.8. The molecule has 1 saturated heterocycles. The van der Waals surface area contributed by atoms with Gasteiger partial charge in [-0.15, -0.1) is 0 Å². The van der Waals surface area contributed by atoms with Gasteiger partial charge in [0, 0.05) is 20.0 Å². The highest BCUT2D eigenvalue weighted by Crippen LogP contribution is 2.11. The number of hydrogen-bond donors (Lipinski definition) is 9. The van der Waals surface area contributed by atoms with E-state index in [2.05, 4.69) is 26.6 Å². The average Bonchev–Trinajstić information content (AvgIpc) is 2.87. The Hall–Kier alpha value is -3.34. The number of carbonyl (C=O) groups is 6. The van der Waals surface area contributed by atoms with E-state index in [9.17, 15) is 44.1 Å². The molecular formula is C23H41N7O9. The van der Waals surface area contributed by atoms with Gasteiger partial charge in [0.1, 0.15) is 30.2 Å². The first-order valence-electron chi connectivity index (χ1n) is 12.7. The van der Waals surface area contributed by atoms with Crippen LogP contribution in [0.25, 0.3) is 0 Å². The van der Waals surface area contributed by atoms with Crippen LogP contribution in [0.3, 0.4) is 0 Å². The van der Waals surface area contributed by atoms with E-state index in [1.165, 1.54) is 21.0 Å². The second-order valence-corrected chi connectivity index (χ2v) is 9.31. The Morgan fingerprint density at radius 1 is 1.10 bits per heavy atom. The molecule has 0 aromatic heterocycles. The molecule has 1 aliphatic rings. The minimum atomic E-state index is -1.57. The fourth-order valence-corrected chi connectivity index (χ4v) is 4.01. The first-order chi connectivity index (χ1) is 18.4. The first-order valence-corrected chi connectivity index (χ1v) is 12.7. The molecule has 0 aromatic rings. The standard InChI is InChI=1S/C23H41N7O9/c1-12(33)18-22(38)29-16(11-32)21(37)27-13(19(24)35)6-4-5-9-26-17(34)8-7-14(23(39)30(18)3)28-20(36)15(10-31)25-2/h12-16,18,25,31-33H,4-11H2,1-3H3,(H2,24,35)(H,26,34)(H,27,37)(H,28,36)(H,29,38)/t12?,13-,14-,15-,16-,18-/m0/s1. The van der Waals surface area contributed by atoms with Crippen LogP contribution in [0.5, 0.6) is 0 Å². The lowest BCUT2D eigenvalue weighted by atomic mass is 10.0. The molecule has 1 heterocycles. The van der Waals surface area contributed by atoms with Crippen LogP contribution >= 0.6 is 0 Å². The number of primary amides is 1. The number of aliphatic hydroxyl groups excluding tert-OH is 3. The third-order valence-corrected chi connectivity index (χ3v) is 6.33. The maximum Gasteiger partial charge on any atom is 0.246 e. The molecule has 6 atom stereocenters. The highest BCUT2D eigenvalue weighted by Gasteiger charge is 2.37. The van der Waals surface area contributed by atoms with Crippen LogP contribution in [-0.4, -0.2) is 126 Å². The number of hydrogen-bond acceptors (Lipinski definition) is 10. The summed E-state index contributed by atoms with van der Waals surface area (Å²) in [4.78, 5) is 76.8. The molecule has 0 aromatic carbocycles. The summed E-state index contributed by atoms with van der Waals surface area (Å²) in [6.45, 7) is 0.0277. The highest BCUT2D eigenvalue weighted by molar-refractivity contribution is 5.96. The van der Waals surface area contributed by atoms with Crippen molar-refractivity contribution in [2.75, 3.05) is 33.9 Å². The van der Waals surface area contributed by atoms with E-state index in [0.717, 1.165) is 4.90 Å². The van der Waals surface area contributed by atoms with Crippen LogP contribution < -0.4 is 32.3 Å². The largest absolute Gasteiger partial charge is 0.394 e. The van der Waals surface area contributed by atoms with E-state index in [1.54, 1.807) is 0 Å². The lowest BCUT2D eigenvalue weighted by molar-refractivity contribution is -0.146. The summed E-state index contributed by atoms with van der Waals surface area (Å²) in [7, 11) is 2.62. The zero-order chi connectivity index (χ0) is 29.7. The van der Waals surface area contributed by atoms with E-state index in [0.29, 0.717) is 12.8 Å². The summed E-state index contributed by atoms with van der Waals surface area (Å²) >= 11 is 0. The van der Waals surface area contributed by atoms with Crippen molar-refractivity contribution in [1.29, 1.82) is 0 Å². The number of amides is 6. The van der Waals surface area contributed by atoms with Crippen molar-refractivity contribution in [2.24, 2.45) is 5.73 Å². The summed E-state index contributed by atoms with van der Waals surface area (Å²) in [5.74, 6) is -4.72. The van der Waals surface area contributed by atoms with Crippen LogP contribution in [0.2, 0.25) is 0 Å². The number of likely N-dealkylation sites (N-methyl/N-ethyl adjacent to an activating group) is 2. The van der Waals surface area contributed by atoms with Gasteiger partial charge < -0.3 is 52.5 Å². The van der Waals surface area contributed by atoms with E-state index in [4.69, 9.17) is 5.73 Å². The molecule has 10 N–H and O–H groups in total. The number of nitrogens with two attached hydrogens (primary N) is 1. The number of aliphatic hydroxyl groups is 3. The van der Waals surface area contributed by atoms with Crippen molar-refractivity contribution >= 4 is 35.4 Å². The molecule has 0 bridgehead atoms. The zero-order valence-corrected chi connectivity index (χ0v) is 22.4. The van der Waals surface area contributed by atoms with Gasteiger partial charge in [0.15, 0.2) is 0 Å². The highest BCUT2D eigenvalue weighted by atomic mass is 16.3. The van der Waals surface area contributed by atoms with E-state index in [-0.39, 0.29) is 25.8 Å². The summed E-state index contributed by atoms with van der Waals surface area (Å²) in [5.41, 5.74) is 5.37. The predicted octanol–water partition coefficient (Wildman–Crippen LogP) is -5.21. The summed E-state index contributed by atoms with van der Waals surface area (Å²) < 4.78 is 0. The average molecular weight is 560 g/mol. The molecule has 16 heteroatoms. The van der Waals surface area contributed by atoms with Crippen molar-refractivity contribution in [2.45, 2.75) is 75.3 Å². The van der Waals surface area contributed by atoms with Gasteiger partial charge in [0.25, 0.3) is 0 Å². The van der Waals surface area contributed by atoms with Gasteiger partial charge in [0.2, 0.25) is 35.4 Å². The fourth-order valence-electron chi connectivity index (χ4n) is 4.01. The Balaban J connectivity index is 3.33. The van der Waals surface area contributed by atoms with Crippen molar-refractivity contribution < 1.29 is 44.1 Å². The summed E-state index contributed by atoms with van der Waals surface area (Å²) in [6.07, 6.45) is -0.837. The maximum absolute atomic E-state index is 13.4. The molecule has 39 heavy (non-hydrogen) atoms. The molecule has 0 spiro atoms. The minimum absolute atomic E-state index is 0.141. The first kappa shape index (κ1) is 33.7. The van der Waals surface area contributed by atoms with E-state index in [1.807, 2.05) is 0 Å². The van der Waals surface area contributed by atoms with Crippen molar-refractivity contribution in [1.82, 2.24) is 31.5 Å². The van der Waals surface area contributed by atoms with E-state index < -0.39 is 85.0 Å².